The van der Waals surface area contributed by atoms with Gasteiger partial charge in [0, 0.05) is 39.2 Å². The van der Waals surface area contributed by atoms with Gasteiger partial charge in [-0.3, -0.25) is 9.59 Å². The molecule has 2 rings (SSSR count). The molecule has 0 aliphatic carbocycles. The Kier molecular flexibility index (Phi) is 7.44. The van der Waals surface area contributed by atoms with E-state index in [-0.39, 0.29) is 23.8 Å². The van der Waals surface area contributed by atoms with Crippen LogP contribution in [0.25, 0.3) is 0 Å². The molecule has 1 aromatic carbocycles. The lowest BCUT2D eigenvalue weighted by atomic mass is 9.95. The van der Waals surface area contributed by atoms with Crippen molar-refractivity contribution in [2.24, 2.45) is 5.92 Å². The zero-order valence-corrected chi connectivity index (χ0v) is 15.6. The second-order valence-corrected chi connectivity index (χ2v) is 6.93. The number of amides is 2. The van der Waals surface area contributed by atoms with Crippen LogP contribution >= 0.6 is 0 Å². The van der Waals surface area contributed by atoms with Gasteiger partial charge in [-0.15, -0.1) is 0 Å². The topological polar surface area (TPSA) is 49.9 Å². The van der Waals surface area contributed by atoms with Crippen molar-refractivity contribution in [1.29, 1.82) is 0 Å². The van der Waals surface area contributed by atoms with Gasteiger partial charge in [-0.05, 0) is 32.3 Å². The summed E-state index contributed by atoms with van der Waals surface area (Å²) in [7, 11) is 1.65. The molecule has 5 nitrogen and oxygen atoms in total. The number of methoxy groups -OCH3 is 1. The number of carbonyl (C=O) groups is 2. The Hall–Kier alpha value is -1.88. The zero-order chi connectivity index (χ0) is 18.2. The zero-order valence-electron chi connectivity index (χ0n) is 15.6. The van der Waals surface area contributed by atoms with E-state index >= 15 is 0 Å². The lowest BCUT2D eigenvalue weighted by Gasteiger charge is -2.36. The first-order valence-electron chi connectivity index (χ1n) is 9.14. The van der Waals surface area contributed by atoms with E-state index in [0.717, 1.165) is 6.42 Å². The molecule has 1 fully saturated rings. The van der Waals surface area contributed by atoms with Gasteiger partial charge in [0.05, 0.1) is 12.5 Å². The minimum Gasteiger partial charge on any atom is -0.383 e. The summed E-state index contributed by atoms with van der Waals surface area (Å²) in [6, 6.07) is 10.3. The van der Waals surface area contributed by atoms with Crippen LogP contribution in [0, 0.1) is 5.92 Å². The van der Waals surface area contributed by atoms with Gasteiger partial charge in [-0.2, -0.15) is 0 Å². The number of hydrogen-bond acceptors (Lipinski definition) is 3. The molecule has 5 heteroatoms. The van der Waals surface area contributed by atoms with Crippen LogP contribution in [0.15, 0.2) is 30.3 Å². The summed E-state index contributed by atoms with van der Waals surface area (Å²) in [6.45, 7) is 6.38. The first-order chi connectivity index (χ1) is 12.0. The SMILES string of the molecule is COCCN(C(=O)[C@H]1CCC(=O)N(CCc2ccccc2)C1)C(C)C. The van der Waals surface area contributed by atoms with Crippen molar-refractivity contribution >= 4 is 11.8 Å². The number of nitrogens with zero attached hydrogens (tertiary/aromatic N) is 2. The van der Waals surface area contributed by atoms with Gasteiger partial charge in [0.1, 0.15) is 0 Å². The van der Waals surface area contributed by atoms with Gasteiger partial charge in [0.2, 0.25) is 11.8 Å². The van der Waals surface area contributed by atoms with Crippen LogP contribution in [0.3, 0.4) is 0 Å². The molecule has 1 aliphatic heterocycles. The number of carbonyl (C=O) groups excluding carboxylic acids is 2. The molecular weight excluding hydrogens is 316 g/mol. The third-order valence-corrected chi connectivity index (χ3v) is 4.81. The predicted octanol–water partition coefficient (Wildman–Crippen LogP) is 2.35. The molecule has 0 unspecified atom stereocenters. The second kappa shape index (κ2) is 9.56. The first-order valence-corrected chi connectivity index (χ1v) is 9.14. The van der Waals surface area contributed by atoms with E-state index in [1.165, 1.54) is 5.56 Å². The Labute approximate surface area is 150 Å². The van der Waals surface area contributed by atoms with Crippen molar-refractivity contribution in [3.05, 3.63) is 35.9 Å². The molecule has 1 heterocycles. The highest BCUT2D eigenvalue weighted by atomic mass is 16.5. The molecular formula is C20H30N2O3. The van der Waals surface area contributed by atoms with Crippen LogP contribution in [0.5, 0.6) is 0 Å². The second-order valence-electron chi connectivity index (χ2n) is 6.93. The van der Waals surface area contributed by atoms with Gasteiger partial charge in [-0.1, -0.05) is 30.3 Å². The van der Waals surface area contributed by atoms with E-state index in [4.69, 9.17) is 4.74 Å². The molecule has 1 atom stereocenters. The Balaban J connectivity index is 1.95. The van der Waals surface area contributed by atoms with Gasteiger partial charge in [0.15, 0.2) is 0 Å². The third-order valence-electron chi connectivity index (χ3n) is 4.81. The monoisotopic (exact) mass is 346 g/mol. The van der Waals surface area contributed by atoms with Crippen LogP contribution in [-0.2, 0) is 20.7 Å². The number of piperidine rings is 1. The largest absolute Gasteiger partial charge is 0.383 e. The van der Waals surface area contributed by atoms with Crippen molar-refractivity contribution in [1.82, 2.24) is 9.80 Å². The highest BCUT2D eigenvalue weighted by Gasteiger charge is 2.33. The lowest BCUT2D eigenvalue weighted by Crippen LogP contribution is -2.49. The average Bonchev–Trinajstić information content (AvgIpc) is 2.61. The number of hydrogen-bond donors (Lipinski definition) is 0. The summed E-state index contributed by atoms with van der Waals surface area (Å²) in [5.41, 5.74) is 1.22. The summed E-state index contributed by atoms with van der Waals surface area (Å²) in [5.74, 6) is 0.199. The minimum absolute atomic E-state index is 0.104. The molecule has 0 spiro atoms. The summed E-state index contributed by atoms with van der Waals surface area (Å²) in [4.78, 5) is 28.9. The van der Waals surface area contributed by atoms with Gasteiger partial charge >= 0.3 is 0 Å². The molecule has 0 aromatic heterocycles. The number of likely N-dealkylation sites (tertiary alicyclic amines) is 1. The minimum atomic E-state index is -0.104. The molecule has 0 N–H and O–H groups in total. The number of ether oxygens (including phenoxy) is 1. The Morgan fingerprint density at radius 1 is 1.32 bits per heavy atom. The lowest BCUT2D eigenvalue weighted by molar-refractivity contribution is -0.144. The van der Waals surface area contributed by atoms with E-state index in [0.29, 0.717) is 39.1 Å². The van der Waals surface area contributed by atoms with E-state index in [2.05, 4.69) is 12.1 Å². The molecule has 2 amide bonds. The maximum absolute atomic E-state index is 12.9. The molecule has 138 valence electrons. The highest BCUT2D eigenvalue weighted by Crippen LogP contribution is 2.21. The van der Waals surface area contributed by atoms with Crippen LogP contribution < -0.4 is 0 Å². The summed E-state index contributed by atoms with van der Waals surface area (Å²) >= 11 is 0. The molecule has 1 aromatic rings. The van der Waals surface area contributed by atoms with Crippen molar-refractivity contribution < 1.29 is 14.3 Å². The smallest absolute Gasteiger partial charge is 0.227 e. The van der Waals surface area contributed by atoms with Crippen molar-refractivity contribution in [2.75, 3.05) is 33.4 Å². The molecule has 25 heavy (non-hydrogen) atoms. The average molecular weight is 346 g/mol. The normalized spacial score (nSPS) is 17.8. The standard InChI is InChI=1S/C20H30N2O3/c1-16(2)22(13-14-25-3)20(24)18-9-10-19(23)21(15-18)12-11-17-7-5-4-6-8-17/h4-8,16,18H,9-15H2,1-3H3/t18-/m0/s1. The fourth-order valence-corrected chi connectivity index (χ4v) is 3.29. The highest BCUT2D eigenvalue weighted by molar-refractivity contribution is 5.84. The molecule has 0 bridgehead atoms. The van der Waals surface area contributed by atoms with Gasteiger partial charge in [0.25, 0.3) is 0 Å². The summed E-state index contributed by atoms with van der Waals surface area (Å²) < 4.78 is 5.13. The molecule has 0 saturated carbocycles. The molecule has 1 aliphatic rings. The maximum Gasteiger partial charge on any atom is 0.227 e. The first kappa shape index (κ1) is 19.4. The quantitative estimate of drug-likeness (QED) is 0.726. The predicted molar refractivity (Wildman–Crippen MR) is 98.2 cm³/mol. The van der Waals surface area contributed by atoms with Crippen LogP contribution in [0.4, 0.5) is 0 Å². The van der Waals surface area contributed by atoms with E-state index < -0.39 is 0 Å². The van der Waals surface area contributed by atoms with Crippen molar-refractivity contribution in [3.63, 3.8) is 0 Å². The Morgan fingerprint density at radius 2 is 2.04 bits per heavy atom. The molecule has 1 saturated heterocycles. The van der Waals surface area contributed by atoms with Crippen LogP contribution in [-0.4, -0.2) is 61.0 Å². The van der Waals surface area contributed by atoms with E-state index in [1.54, 1.807) is 7.11 Å². The Bertz CT molecular complexity index is 559. The number of benzene rings is 1. The summed E-state index contributed by atoms with van der Waals surface area (Å²) in [6.07, 6.45) is 1.93. The number of rotatable bonds is 8. The van der Waals surface area contributed by atoms with E-state index in [1.807, 2.05) is 41.8 Å². The van der Waals surface area contributed by atoms with Gasteiger partial charge < -0.3 is 14.5 Å². The summed E-state index contributed by atoms with van der Waals surface area (Å²) in [5, 5.41) is 0. The fraction of sp³-hybridized carbons (Fsp3) is 0.600. The van der Waals surface area contributed by atoms with E-state index in [9.17, 15) is 9.59 Å². The third kappa shape index (κ3) is 5.56. The van der Waals surface area contributed by atoms with Crippen LogP contribution in [0.1, 0.15) is 32.3 Å². The molecule has 0 radical (unpaired) electrons. The Morgan fingerprint density at radius 3 is 2.68 bits per heavy atom. The fourth-order valence-electron chi connectivity index (χ4n) is 3.29. The van der Waals surface area contributed by atoms with Gasteiger partial charge in [-0.25, -0.2) is 0 Å². The maximum atomic E-state index is 12.9. The van der Waals surface area contributed by atoms with Crippen LogP contribution in [0.2, 0.25) is 0 Å². The van der Waals surface area contributed by atoms with Crippen molar-refractivity contribution in [2.45, 2.75) is 39.2 Å². The van der Waals surface area contributed by atoms with Crippen molar-refractivity contribution in [3.8, 4) is 0 Å².